The van der Waals surface area contributed by atoms with Crippen molar-refractivity contribution in [2.24, 2.45) is 5.92 Å². The van der Waals surface area contributed by atoms with Gasteiger partial charge in [0, 0.05) is 23.9 Å². The molecule has 2 unspecified atom stereocenters. The number of aromatic nitrogens is 1. The maximum absolute atomic E-state index is 5.53. The van der Waals surface area contributed by atoms with Gasteiger partial charge in [0.05, 0.1) is 11.8 Å². The van der Waals surface area contributed by atoms with Gasteiger partial charge in [0.1, 0.15) is 0 Å². The highest BCUT2D eigenvalue weighted by Crippen LogP contribution is 2.24. The van der Waals surface area contributed by atoms with Gasteiger partial charge in [0.15, 0.2) is 5.13 Å². The van der Waals surface area contributed by atoms with Gasteiger partial charge in [0.25, 0.3) is 0 Å². The number of nitrogens with one attached hydrogen (secondary N) is 1. The zero-order valence-corrected chi connectivity index (χ0v) is 10.4. The highest BCUT2D eigenvalue weighted by molar-refractivity contribution is 7.15. The third kappa shape index (κ3) is 2.49. The second kappa shape index (κ2) is 4.49. The third-order valence-electron chi connectivity index (χ3n) is 3.08. The summed E-state index contributed by atoms with van der Waals surface area (Å²) in [5, 5.41) is 4.45. The van der Waals surface area contributed by atoms with Crippen LogP contribution in [0.1, 0.15) is 23.9 Å². The normalized spacial score (nSPS) is 25.8. The Morgan fingerprint density at radius 2 is 2.33 bits per heavy atom. The quantitative estimate of drug-likeness (QED) is 0.860. The van der Waals surface area contributed by atoms with Gasteiger partial charge in [-0.1, -0.05) is 0 Å². The van der Waals surface area contributed by atoms with Crippen LogP contribution in [-0.4, -0.2) is 24.2 Å². The molecule has 2 heterocycles. The first-order valence-electron chi connectivity index (χ1n) is 5.46. The average molecular weight is 226 g/mol. The van der Waals surface area contributed by atoms with E-state index in [4.69, 9.17) is 4.74 Å². The summed E-state index contributed by atoms with van der Waals surface area (Å²) in [6.07, 6.45) is 1.55. The molecule has 0 saturated carbocycles. The molecule has 84 valence electrons. The van der Waals surface area contributed by atoms with Gasteiger partial charge in [-0.25, -0.2) is 4.98 Å². The van der Waals surface area contributed by atoms with Crippen LogP contribution in [0.4, 0.5) is 5.13 Å². The summed E-state index contributed by atoms with van der Waals surface area (Å²) in [4.78, 5) is 5.76. The van der Waals surface area contributed by atoms with Crippen molar-refractivity contribution in [1.29, 1.82) is 0 Å². The Kier molecular flexibility index (Phi) is 3.26. The van der Waals surface area contributed by atoms with Crippen LogP contribution in [0.3, 0.4) is 0 Å². The molecule has 1 fully saturated rings. The minimum absolute atomic E-state index is 0.389. The molecule has 0 radical (unpaired) electrons. The van der Waals surface area contributed by atoms with Crippen molar-refractivity contribution in [3.05, 3.63) is 10.6 Å². The molecule has 0 amide bonds. The molecule has 2 rings (SSSR count). The molecule has 4 heteroatoms. The highest BCUT2D eigenvalue weighted by atomic mass is 32.1. The SMILES string of the molecule is Cc1nc(NCC2CCOC2C)sc1C. The highest BCUT2D eigenvalue weighted by Gasteiger charge is 2.23. The van der Waals surface area contributed by atoms with Crippen molar-refractivity contribution in [3.8, 4) is 0 Å². The molecule has 0 aliphatic carbocycles. The molecule has 1 saturated heterocycles. The van der Waals surface area contributed by atoms with Crippen molar-refractivity contribution in [2.75, 3.05) is 18.5 Å². The van der Waals surface area contributed by atoms with Crippen LogP contribution in [0.5, 0.6) is 0 Å². The van der Waals surface area contributed by atoms with E-state index < -0.39 is 0 Å². The van der Waals surface area contributed by atoms with Crippen molar-refractivity contribution in [2.45, 2.75) is 33.3 Å². The maximum atomic E-state index is 5.53. The summed E-state index contributed by atoms with van der Waals surface area (Å²) in [6, 6.07) is 0. The predicted molar refractivity (Wildman–Crippen MR) is 63.6 cm³/mol. The Morgan fingerprint density at radius 3 is 2.87 bits per heavy atom. The number of hydrogen-bond donors (Lipinski definition) is 1. The zero-order valence-electron chi connectivity index (χ0n) is 9.54. The molecular formula is C11H18N2OS. The molecule has 0 bridgehead atoms. The summed E-state index contributed by atoms with van der Waals surface area (Å²) in [5.41, 5.74) is 1.14. The van der Waals surface area contributed by atoms with Gasteiger partial charge < -0.3 is 10.1 Å². The smallest absolute Gasteiger partial charge is 0.183 e. The van der Waals surface area contributed by atoms with E-state index >= 15 is 0 Å². The first-order valence-corrected chi connectivity index (χ1v) is 6.28. The Morgan fingerprint density at radius 1 is 1.53 bits per heavy atom. The van der Waals surface area contributed by atoms with E-state index in [9.17, 15) is 0 Å². The van der Waals surface area contributed by atoms with Crippen molar-refractivity contribution < 1.29 is 4.74 Å². The lowest BCUT2D eigenvalue weighted by atomic mass is 10.0. The monoisotopic (exact) mass is 226 g/mol. The largest absolute Gasteiger partial charge is 0.378 e. The molecule has 1 aromatic rings. The van der Waals surface area contributed by atoms with E-state index in [1.54, 1.807) is 11.3 Å². The standard InChI is InChI=1S/C11H18N2OS/c1-7-9(3)15-11(13-7)12-6-10-4-5-14-8(10)2/h8,10H,4-6H2,1-3H3,(H,12,13). The van der Waals surface area contributed by atoms with Crippen molar-refractivity contribution in [1.82, 2.24) is 4.98 Å². The summed E-state index contributed by atoms with van der Waals surface area (Å²) in [5.74, 6) is 0.634. The van der Waals surface area contributed by atoms with E-state index in [0.717, 1.165) is 30.4 Å². The van der Waals surface area contributed by atoms with Gasteiger partial charge in [-0.15, -0.1) is 11.3 Å². The molecule has 1 N–H and O–H groups in total. The Bertz CT molecular complexity index is 318. The Balaban J connectivity index is 1.87. The lowest BCUT2D eigenvalue weighted by molar-refractivity contribution is 0.108. The molecule has 1 aromatic heterocycles. The van der Waals surface area contributed by atoms with Gasteiger partial charge >= 0.3 is 0 Å². The second-order valence-electron chi connectivity index (χ2n) is 4.17. The number of rotatable bonds is 3. The zero-order chi connectivity index (χ0) is 10.8. The lowest BCUT2D eigenvalue weighted by Gasteiger charge is -2.13. The van der Waals surface area contributed by atoms with Gasteiger partial charge in [-0.3, -0.25) is 0 Å². The van der Waals surface area contributed by atoms with Crippen LogP contribution >= 0.6 is 11.3 Å². The summed E-state index contributed by atoms with van der Waals surface area (Å²) in [7, 11) is 0. The molecule has 2 atom stereocenters. The summed E-state index contributed by atoms with van der Waals surface area (Å²) in [6.45, 7) is 8.20. The van der Waals surface area contributed by atoms with Gasteiger partial charge in [0.2, 0.25) is 0 Å². The van der Waals surface area contributed by atoms with Crippen LogP contribution in [0, 0.1) is 19.8 Å². The van der Waals surface area contributed by atoms with Crippen molar-refractivity contribution in [3.63, 3.8) is 0 Å². The van der Waals surface area contributed by atoms with Gasteiger partial charge in [-0.2, -0.15) is 0 Å². The molecule has 1 aliphatic heterocycles. The number of hydrogen-bond acceptors (Lipinski definition) is 4. The van der Waals surface area contributed by atoms with E-state index in [0.29, 0.717) is 12.0 Å². The number of ether oxygens (including phenoxy) is 1. The van der Waals surface area contributed by atoms with E-state index in [-0.39, 0.29) is 0 Å². The Hall–Kier alpha value is -0.610. The van der Waals surface area contributed by atoms with Crippen LogP contribution < -0.4 is 5.32 Å². The van der Waals surface area contributed by atoms with Crippen LogP contribution in [0.25, 0.3) is 0 Å². The molecule has 1 aliphatic rings. The second-order valence-corrected chi connectivity index (χ2v) is 5.37. The van der Waals surface area contributed by atoms with E-state index in [1.807, 2.05) is 0 Å². The van der Waals surface area contributed by atoms with Crippen LogP contribution in [-0.2, 0) is 4.74 Å². The fourth-order valence-electron chi connectivity index (χ4n) is 1.81. The predicted octanol–water partition coefficient (Wildman–Crippen LogP) is 2.60. The van der Waals surface area contributed by atoms with Gasteiger partial charge in [-0.05, 0) is 27.2 Å². The maximum Gasteiger partial charge on any atom is 0.183 e. The summed E-state index contributed by atoms with van der Waals surface area (Å²) >= 11 is 1.74. The average Bonchev–Trinajstić information content (AvgIpc) is 2.72. The first-order chi connectivity index (χ1) is 7.16. The minimum Gasteiger partial charge on any atom is -0.378 e. The molecular weight excluding hydrogens is 208 g/mol. The van der Waals surface area contributed by atoms with E-state index in [2.05, 4.69) is 31.1 Å². The van der Waals surface area contributed by atoms with Crippen LogP contribution in [0.2, 0.25) is 0 Å². The van der Waals surface area contributed by atoms with Crippen LogP contribution in [0.15, 0.2) is 0 Å². The fourth-order valence-corrected chi connectivity index (χ4v) is 2.63. The lowest BCUT2D eigenvalue weighted by Crippen LogP contribution is -2.20. The van der Waals surface area contributed by atoms with Crippen molar-refractivity contribution >= 4 is 16.5 Å². The van der Waals surface area contributed by atoms with E-state index in [1.165, 1.54) is 4.88 Å². The minimum atomic E-state index is 0.389. The molecule has 0 spiro atoms. The molecule has 3 nitrogen and oxygen atoms in total. The first kappa shape index (κ1) is 10.9. The molecule has 15 heavy (non-hydrogen) atoms. The number of thiazole rings is 1. The Labute approximate surface area is 94.9 Å². The number of nitrogens with zero attached hydrogens (tertiary/aromatic N) is 1. The topological polar surface area (TPSA) is 34.2 Å². The molecule has 0 aromatic carbocycles. The summed E-state index contributed by atoms with van der Waals surface area (Å²) < 4.78 is 5.53. The number of anilines is 1. The number of aryl methyl sites for hydroxylation is 2. The third-order valence-corrected chi connectivity index (χ3v) is 4.11. The fraction of sp³-hybridized carbons (Fsp3) is 0.727.